The van der Waals surface area contributed by atoms with Crippen molar-refractivity contribution < 1.29 is 13.9 Å². The smallest absolute Gasteiger partial charge is 0.276 e. The molecule has 0 aliphatic rings. The number of anilines is 1. The van der Waals surface area contributed by atoms with E-state index in [0.717, 1.165) is 6.07 Å². The molecule has 2 rings (SSSR count). The van der Waals surface area contributed by atoms with Gasteiger partial charge in [-0.3, -0.25) is 4.79 Å². The second-order valence-corrected chi connectivity index (χ2v) is 3.95. The Morgan fingerprint density at radius 3 is 2.68 bits per heavy atom. The van der Waals surface area contributed by atoms with E-state index in [2.05, 4.69) is 15.5 Å². The van der Waals surface area contributed by atoms with Crippen LogP contribution in [0, 0.1) is 5.82 Å². The second kappa shape index (κ2) is 5.62. The van der Waals surface area contributed by atoms with Gasteiger partial charge in [0.2, 0.25) is 5.88 Å². The number of hydrogen-bond acceptors (Lipinski definition) is 4. The summed E-state index contributed by atoms with van der Waals surface area (Å²) in [6, 6.07) is 6.85. The van der Waals surface area contributed by atoms with Crippen molar-refractivity contribution in [2.45, 2.75) is 0 Å². The molecule has 98 valence electrons. The number of carbonyl (C=O) groups is 1. The first-order valence-corrected chi connectivity index (χ1v) is 5.62. The highest BCUT2D eigenvalue weighted by molar-refractivity contribution is 6.31. The van der Waals surface area contributed by atoms with E-state index in [4.69, 9.17) is 16.3 Å². The summed E-state index contributed by atoms with van der Waals surface area (Å²) in [5.74, 6) is -0.719. The number of nitrogens with one attached hydrogen (secondary N) is 1. The fourth-order valence-corrected chi connectivity index (χ4v) is 1.50. The lowest BCUT2D eigenvalue weighted by Gasteiger charge is -2.05. The molecule has 0 bridgehead atoms. The number of halogens is 2. The predicted octanol–water partition coefficient (Wildman–Crippen LogP) is 2.53. The van der Waals surface area contributed by atoms with Crippen LogP contribution >= 0.6 is 11.6 Å². The molecule has 19 heavy (non-hydrogen) atoms. The van der Waals surface area contributed by atoms with Crippen molar-refractivity contribution in [1.29, 1.82) is 0 Å². The van der Waals surface area contributed by atoms with Crippen molar-refractivity contribution in [1.82, 2.24) is 10.2 Å². The Bertz CT molecular complexity index is 604. The monoisotopic (exact) mass is 281 g/mol. The molecular weight excluding hydrogens is 273 g/mol. The van der Waals surface area contributed by atoms with Gasteiger partial charge in [0.15, 0.2) is 5.69 Å². The van der Waals surface area contributed by atoms with Gasteiger partial charge in [0.25, 0.3) is 5.91 Å². The van der Waals surface area contributed by atoms with E-state index in [1.807, 2.05) is 0 Å². The largest absolute Gasteiger partial charge is 0.480 e. The molecule has 2 aromatic rings. The van der Waals surface area contributed by atoms with Gasteiger partial charge in [-0.1, -0.05) is 11.6 Å². The summed E-state index contributed by atoms with van der Waals surface area (Å²) < 4.78 is 17.8. The van der Waals surface area contributed by atoms with Gasteiger partial charge in [-0.05, 0) is 24.3 Å². The highest BCUT2D eigenvalue weighted by Gasteiger charge is 2.10. The highest BCUT2D eigenvalue weighted by Crippen LogP contribution is 2.19. The van der Waals surface area contributed by atoms with Crippen LogP contribution in [0.25, 0.3) is 0 Å². The van der Waals surface area contributed by atoms with E-state index >= 15 is 0 Å². The average molecular weight is 282 g/mol. The Morgan fingerprint density at radius 2 is 2.11 bits per heavy atom. The second-order valence-electron chi connectivity index (χ2n) is 3.54. The number of aromatic nitrogens is 2. The minimum atomic E-state index is -0.552. The molecule has 0 spiro atoms. The maximum atomic E-state index is 13.0. The van der Waals surface area contributed by atoms with Crippen molar-refractivity contribution in [2.75, 3.05) is 12.4 Å². The molecule has 1 amide bonds. The zero-order valence-corrected chi connectivity index (χ0v) is 10.6. The zero-order chi connectivity index (χ0) is 13.8. The van der Waals surface area contributed by atoms with Gasteiger partial charge in [-0.2, -0.15) is 0 Å². The number of rotatable bonds is 3. The Kier molecular flexibility index (Phi) is 3.91. The Balaban J connectivity index is 2.13. The minimum absolute atomic E-state index is 0.0707. The topological polar surface area (TPSA) is 64.1 Å². The van der Waals surface area contributed by atoms with Crippen LogP contribution in [0.15, 0.2) is 30.3 Å². The van der Waals surface area contributed by atoms with Crippen LogP contribution in [-0.2, 0) is 0 Å². The van der Waals surface area contributed by atoms with E-state index in [9.17, 15) is 9.18 Å². The Labute approximate surface area is 113 Å². The summed E-state index contributed by atoms with van der Waals surface area (Å²) in [5.41, 5.74) is 0.482. The average Bonchev–Trinajstić information content (AvgIpc) is 2.43. The van der Waals surface area contributed by atoms with Gasteiger partial charge >= 0.3 is 0 Å². The lowest BCUT2D eigenvalue weighted by atomic mass is 10.3. The molecule has 0 saturated carbocycles. The molecule has 0 atom stereocenters. The summed E-state index contributed by atoms with van der Waals surface area (Å²) >= 11 is 5.61. The normalized spacial score (nSPS) is 10.1. The fourth-order valence-electron chi connectivity index (χ4n) is 1.32. The summed E-state index contributed by atoms with van der Waals surface area (Å²) in [7, 11) is 1.45. The fraction of sp³-hybridized carbons (Fsp3) is 0.0833. The van der Waals surface area contributed by atoms with Crippen molar-refractivity contribution in [3.05, 3.63) is 46.9 Å². The molecule has 0 unspecified atom stereocenters. The van der Waals surface area contributed by atoms with Gasteiger partial charge in [-0.25, -0.2) is 4.39 Å². The maximum absolute atomic E-state index is 13.0. The molecule has 1 N–H and O–H groups in total. The van der Waals surface area contributed by atoms with Crippen LogP contribution in [0.2, 0.25) is 5.02 Å². The van der Waals surface area contributed by atoms with Gasteiger partial charge in [0.1, 0.15) is 5.82 Å². The van der Waals surface area contributed by atoms with Crippen LogP contribution in [-0.4, -0.2) is 23.2 Å². The third-order valence-electron chi connectivity index (χ3n) is 2.26. The van der Waals surface area contributed by atoms with Crippen LogP contribution in [0.3, 0.4) is 0 Å². The van der Waals surface area contributed by atoms with Crippen molar-refractivity contribution >= 4 is 23.2 Å². The van der Waals surface area contributed by atoms with Gasteiger partial charge < -0.3 is 10.1 Å². The number of hydrogen-bond donors (Lipinski definition) is 1. The molecule has 5 nitrogen and oxygen atoms in total. The van der Waals surface area contributed by atoms with Crippen LogP contribution in [0.1, 0.15) is 10.5 Å². The molecule has 7 heteroatoms. The third-order valence-corrected chi connectivity index (χ3v) is 2.55. The summed E-state index contributed by atoms with van der Waals surface area (Å²) in [6.07, 6.45) is 0. The Morgan fingerprint density at radius 1 is 1.32 bits per heavy atom. The first-order chi connectivity index (χ1) is 9.10. The predicted molar refractivity (Wildman–Crippen MR) is 67.9 cm³/mol. The van der Waals surface area contributed by atoms with Crippen molar-refractivity contribution in [2.24, 2.45) is 0 Å². The van der Waals surface area contributed by atoms with Crippen LogP contribution in [0.4, 0.5) is 10.1 Å². The first kappa shape index (κ1) is 13.2. The first-order valence-electron chi connectivity index (χ1n) is 5.24. The molecule has 0 fully saturated rings. The SMILES string of the molecule is COc1ccc(C(=O)Nc2ccc(F)c(Cl)c2)nn1. The van der Waals surface area contributed by atoms with Crippen molar-refractivity contribution in [3.8, 4) is 5.88 Å². The minimum Gasteiger partial charge on any atom is -0.480 e. The lowest BCUT2D eigenvalue weighted by molar-refractivity contribution is 0.102. The van der Waals surface area contributed by atoms with E-state index in [0.29, 0.717) is 11.6 Å². The molecule has 0 aliphatic heterocycles. The number of carbonyl (C=O) groups excluding carboxylic acids is 1. The van der Waals surface area contributed by atoms with Crippen molar-refractivity contribution in [3.63, 3.8) is 0 Å². The molecular formula is C12H9ClFN3O2. The lowest BCUT2D eigenvalue weighted by Crippen LogP contribution is -2.14. The number of methoxy groups -OCH3 is 1. The molecule has 1 aromatic heterocycles. The van der Waals surface area contributed by atoms with Crippen LogP contribution in [0.5, 0.6) is 5.88 Å². The zero-order valence-electron chi connectivity index (χ0n) is 9.85. The van der Waals surface area contributed by atoms with Gasteiger partial charge in [0, 0.05) is 11.8 Å². The highest BCUT2D eigenvalue weighted by atomic mass is 35.5. The van der Waals surface area contributed by atoms with Crippen LogP contribution < -0.4 is 10.1 Å². The van der Waals surface area contributed by atoms with E-state index in [1.54, 1.807) is 0 Å². The summed E-state index contributed by atoms with van der Waals surface area (Å²) in [4.78, 5) is 11.8. The maximum Gasteiger partial charge on any atom is 0.276 e. The number of nitrogens with zero attached hydrogens (tertiary/aromatic N) is 2. The number of amides is 1. The molecule has 0 aliphatic carbocycles. The summed E-state index contributed by atoms with van der Waals surface area (Å²) in [5, 5.41) is 9.82. The van der Waals surface area contributed by atoms with E-state index in [1.165, 1.54) is 31.4 Å². The molecule has 1 heterocycles. The van der Waals surface area contributed by atoms with E-state index < -0.39 is 11.7 Å². The summed E-state index contributed by atoms with van der Waals surface area (Å²) in [6.45, 7) is 0. The third kappa shape index (κ3) is 3.17. The van der Waals surface area contributed by atoms with Gasteiger partial charge in [-0.15, -0.1) is 10.2 Å². The standard InChI is InChI=1S/C12H9ClFN3O2/c1-19-11-5-4-10(16-17-11)12(18)15-7-2-3-9(14)8(13)6-7/h2-6H,1H3,(H,15,18). The molecule has 0 radical (unpaired) electrons. The number of ether oxygens (including phenoxy) is 1. The van der Waals surface area contributed by atoms with Gasteiger partial charge in [0.05, 0.1) is 12.1 Å². The number of benzene rings is 1. The quantitative estimate of drug-likeness (QED) is 0.939. The van der Waals surface area contributed by atoms with E-state index in [-0.39, 0.29) is 10.7 Å². The molecule has 0 saturated heterocycles. The molecule has 1 aromatic carbocycles. The Hall–Kier alpha value is -2.21.